The number of pyridine rings is 1. The summed E-state index contributed by atoms with van der Waals surface area (Å²) in [6.07, 6.45) is -4.45. The van der Waals surface area contributed by atoms with E-state index in [1.165, 1.54) is 28.8 Å². The maximum atomic E-state index is 13.6. The van der Waals surface area contributed by atoms with Crippen molar-refractivity contribution >= 4 is 26.6 Å². The van der Waals surface area contributed by atoms with Crippen molar-refractivity contribution in [2.45, 2.75) is 36.9 Å². The molecule has 0 aliphatic rings. The van der Waals surface area contributed by atoms with Crippen LogP contribution in [-0.2, 0) is 29.0 Å². The van der Waals surface area contributed by atoms with Crippen molar-refractivity contribution in [2.75, 3.05) is 19.0 Å². The van der Waals surface area contributed by atoms with Crippen molar-refractivity contribution in [2.24, 2.45) is 0 Å². The molecule has 41 heavy (non-hydrogen) atoms. The topological polar surface area (TPSA) is 101 Å². The van der Waals surface area contributed by atoms with Gasteiger partial charge in [-0.1, -0.05) is 12.9 Å². The van der Waals surface area contributed by atoms with Crippen LogP contribution >= 0.6 is 0 Å². The smallest absolute Gasteiger partial charge is 0.394 e. The van der Waals surface area contributed by atoms with Gasteiger partial charge < -0.3 is 15.0 Å². The lowest BCUT2D eigenvalue weighted by atomic mass is 10.0. The lowest BCUT2D eigenvalue weighted by Gasteiger charge is -2.16. The van der Waals surface area contributed by atoms with E-state index in [0.717, 1.165) is 24.3 Å². The molecule has 2 aromatic carbocycles. The zero-order valence-corrected chi connectivity index (χ0v) is 21.9. The number of carbonyl (C=O) groups excluding carboxylic acids is 1. The molecule has 0 saturated carbocycles. The first-order chi connectivity index (χ1) is 21.3. The zero-order chi connectivity index (χ0) is 34.2. The van der Waals surface area contributed by atoms with Gasteiger partial charge in [-0.3, -0.25) is 9.78 Å². The number of hydrogen-bond donors (Lipinski definition) is 2. The summed E-state index contributed by atoms with van der Waals surface area (Å²) in [4.78, 5) is 16.2. The lowest BCUT2D eigenvalue weighted by molar-refractivity contribution is -0.138. The Balaban J connectivity index is 1.60. The predicted octanol–water partition coefficient (Wildman–Crippen LogP) is 5.01. The fraction of sp³-hybridized carbons (Fsp3) is 0.286. The fourth-order valence-corrected chi connectivity index (χ4v) is 4.95. The summed E-state index contributed by atoms with van der Waals surface area (Å²) < 4.78 is 131. The van der Waals surface area contributed by atoms with Gasteiger partial charge in [0.05, 0.1) is 41.1 Å². The second kappa shape index (κ2) is 12.0. The molecule has 13 heteroatoms. The highest BCUT2D eigenvalue weighted by atomic mass is 32.2. The Kier molecular flexibility index (Phi) is 6.94. The molecule has 0 radical (unpaired) electrons. The number of hydrogen-bond acceptors (Lipinski definition) is 5. The standard InChI is InChI=1S/C28H26F5N3O4S/c1-2-41(39,40)22-6-7-24(34-15-22)25(16-37)35-27(38)18-4-8-26-19(11-18)13-21(36(26)10-9-29)12-17-3-5-20(30)14-23(17)28(31,32)33/h3-8,11,13-15,25,37H,2,9-10,12,16H2,1H3,(H,35,38)/t25-/m0/s1/i1D3,2D2. The Hall–Kier alpha value is -3.84. The van der Waals surface area contributed by atoms with E-state index in [4.69, 9.17) is 6.85 Å². The molecule has 0 aliphatic heterocycles. The van der Waals surface area contributed by atoms with E-state index in [1.807, 2.05) is 0 Å². The molecule has 0 spiro atoms. The molecule has 1 atom stereocenters. The number of carbonyl (C=O) groups is 1. The number of fused-ring (bicyclic) bond motifs is 1. The van der Waals surface area contributed by atoms with Gasteiger partial charge in [0.25, 0.3) is 5.91 Å². The van der Waals surface area contributed by atoms with Gasteiger partial charge in [0, 0.05) is 41.6 Å². The number of nitrogens with zero attached hydrogens (tertiary/aromatic N) is 2. The number of amides is 1. The minimum Gasteiger partial charge on any atom is -0.394 e. The average molecular weight is 601 g/mol. The summed E-state index contributed by atoms with van der Waals surface area (Å²) in [5.41, 5.74) is -4.34. The van der Waals surface area contributed by atoms with Crippen LogP contribution in [0.1, 0.15) is 52.6 Å². The number of nitrogens with one attached hydrogen (secondary N) is 1. The zero-order valence-electron chi connectivity index (χ0n) is 26.0. The van der Waals surface area contributed by atoms with Gasteiger partial charge in [0.15, 0.2) is 9.84 Å². The van der Waals surface area contributed by atoms with Crippen LogP contribution in [0.15, 0.2) is 65.7 Å². The Bertz CT molecular complexity index is 1860. The van der Waals surface area contributed by atoms with Crippen molar-refractivity contribution in [1.82, 2.24) is 14.9 Å². The molecule has 4 aromatic rings. The van der Waals surface area contributed by atoms with E-state index in [-0.39, 0.29) is 35.5 Å². The minimum atomic E-state index is -5.01. The number of benzene rings is 2. The molecule has 218 valence electrons. The summed E-state index contributed by atoms with van der Waals surface area (Å²) in [6, 6.07) is 8.75. The van der Waals surface area contributed by atoms with Crippen molar-refractivity contribution in [3.05, 3.63) is 94.7 Å². The van der Waals surface area contributed by atoms with Crippen LogP contribution in [-0.4, -0.2) is 48.0 Å². The van der Waals surface area contributed by atoms with Crippen molar-refractivity contribution < 1.29 is 47.1 Å². The van der Waals surface area contributed by atoms with E-state index in [2.05, 4.69) is 10.3 Å². The summed E-state index contributed by atoms with van der Waals surface area (Å²) in [6.45, 7) is -5.25. The van der Waals surface area contributed by atoms with E-state index in [1.54, 1.807) is 0 Å². The summed E-state index contributed by atoms with van der Waals surface area (Å²) in [5.74, 6) is -1.81. The predicted molar refractivity (Wildman–Crippen MR) is 141 cm³/mol. The largest absolute Gasteiger partial charge is 0.416 e. The number of aryl methyl sites for hydroxylation is 1. The number of aromatic nitrogens is 2. The molecule has 7 nitrogen and oxygen atoms in total. The minimum absolute atomic E-state index is 0.0396. The highest BCUT2D eigenvalue weighted by molar-refractivity contribution is 7.91. The molecule has 0 fully saturated rings. The van der Waals surface area contributed by atoms with Gasteiger partial charge in [-0.2, -0.15) is 13.2 Å². The van der Waals surface area contributed by atoms with Crippen molar-refractivity contribution in [3.63, 3.8) is 0 Å². The summed E-state index contributed by atoms with van der Waals surface area (Å²) >= 11 is 0. The third kappa shape index (κ3) is 6.57. The number of sulfone groups is 1. The lowest BCUT2D eigenvalue weighted by Crippen LogP contribution is -2.31. The van der Waals surface area contributed by atoms with Crippen LogP contribution < -0.4 is 5.32 Å². The first-order valence-corrected chi connectivity index (χ1v) is 13.5. The highest BCUT2D eigenvalue weighted by Crippen LogP contribution is 2.34. The maximum Gasteiger partial charge on any atom is 0.416 e. The first-order valence-electron chi connectivity index (χ1n) is 14.5. The molecule has 1 amide bonds. The SMILES string of the molecule is [2H]C([2H])([2H])C([2H])([2H])S(=O)(=O)c1ccc([C@H](CO)NC(=O)c2ccc3c(c2)cc(Cc2ccc(F)cc2C(F)(F)F)n3CCF)nc1. The molecule has 0 bridgehead atoms. The quantitative estimate of drug-likeness (QED) is 0.249. The van der Waals surface area contributed by atoms with Crippen LogP contribution in [0.3, 0.4) is 0 Å². The first kappa shape index (κ1) is 23.8. The number of halogens is 5. The second-order valence-corrected chi connectivity index (χ2v) is 10.6. The van der Waals surface area contributed by atoms with Crippen LogP contribution in [0.5, 0.6) is 0 Å². The van der Waals surface area contributed by atoms with E-state index < -0.39 is 70.1 Å². The Labute approximate surface area is 239 Å². The normalized spacial score (nSPS) is 15.4. The van der Waals surface area contributed by atoms with Gasteiger partial charge in [-0.15, -0.1) is 0 Å². The maximum absolute atomic E-state index is 13.6. The second-order valence-electron chi connectivity index (χ2n) is 8.96. The van der Waals surface area contributed by atoms with Gasteiger partial charge in [0.2, 0.25) is 0 Å². The molecular formula is C28H26F5N3O4S. The summed E-state index contributed by atoms with van der Waals surface area (Å²) in [5, 5.41) is 12.8. The van der Waals surface area contributed by atoms with Crippen molar-refractivity contribution in [3.8, 4) is 0 Å². The van der Waals surface area contributed by atoms with E-state index >= 15 is 0 Å². The van der Waals surface area contributed by atoms with Gasteiger partial charge in [-0.05, 0) is 54.1 Å². The van der Waals surface area contributed by atoms with E-state index in [0.29, 0.717) is 23.2 Å². The van der Waals surface area contributed by atoms with Crippen LogP contribution in [0.4, 0.5) is 22.0 Å². The average Bonchev–Trinajstić information content (AvgIpc) is 3.31. The third-order valence-electron chi connectivity index (χ3n) is 6.36. The van der Waals surface area contributed by atoms with Crippen LogP contribution in [0, 0.1) is 5.82 Å². The van der Waals surface area contributed by atoms with Crippen LogP contribution in [0.2, 0.25) is 0 Å². The molecule has 2 heterocycles. The highest BCUT2D eigenvalue weighted by Gasteiger charge is 2.34. The molecule has 0 saturated heterocycles. The molecule has 0 unspecified atom stereocenters. The number of aliphatic hydroxyl groups is 1. The summed E-state index contributed by atoms with van der Waals surface area (Å²) in [7, 11) is -5.01. The number of alkyl halides is 4. The Morgan fingerprint density at radius 3 is 2.59 bits per heavy atom. The molecule has 0 aliphatic carbocycles. The van der Waals surface area contributed by atoms with Crippen LogP contribution in [0.25, 0.3) is 10.9 Å². The molecule has 4 rings (SSSR count). The van der Waals surface area contributed by atoms with Gasteiger partial charge in [0.1, 0.15) is 12.5 Å². The number of rotatable bonds is 10. The molecule has 2 aromatic heterocycles. The van der Waals surface area contributed by atoms with Gasteiger partial charge >= 0.3 is 6.18 Å². The fourth-order valence-electron chi connectivity index (χ4n) is 4.40. The van der Waals surface area contributed by atoms with E-state index in [9.17, 15) is 40.3 Å². The van der Waals surface area contributed by atoms with Gasteiger partial charge in [-0.25, -0.2) is 17.2 Å². The third-order valence-corrected chi connectivity index (χ3v) is 7.49. The monoisotopic (exact) mass is 600 g/mol. The Morgan fingerprint density at radius 1 is 1.17 bits per heavy atom. The molecule has 2 N–H and O–H groups in total. The number of aliphatic hydroxyl groups excluding tert-OH is 1. The Morgan fingerprint density at radius 2 is 1.95 bits per heavy atom. The van der Waals surface area contributed by atoms with Crippen molar-refractivity contribution in [1.29, 1.82) is 0 Å². The molecular weight excluding hydrogens is 569 g/mol.